The van der Waals surface area contributed by atoms with Gasteiger partial charge in [-0.25, -0.2) is 0 Å². The molecule has 0 spiro atoms. The second-order valence-corrected chi connectivity index (χ2v) is 3.11. The van der Waals surface area contributed by atoms with Crippen LogP contribution in [0.1, 0.15) is 6.92 Å². The average molecular weight is 205 g/mol. The van der Waals surface area contributed by atoms with Gasteiger partial charge < -0.3 is 10.1 Å². The molecule has 1 aromatic rings. The third-order valence-corrected chi connectivity index (χ3v) is 1.85. The predicted octanol–water partition coefficient (Wildman–Crippen LogP) is 1.76. The maximum absolute atomic E-state index is 11.4. The second kappa shape index (κ2) is 5.86. The quantitative estimate of drug-likeness (QED) is 0.744. The summed E-state index contributed by atoms with van der Waals surface area (Å²) in [5, 5.41) is 2.67. The molecule has 0 radical (unpaired) electrons. The van der Waals surface area contributed by atoms with E-state index < -0.39 is 6.10 Å². The number of hydrogen-bond donors (Lipinski definition) is 1. The Bertz CT molecular complexity index is 322. The normalized spacial score (nSPS) is 11.5. The van der Waals surface area contributed by atoms with Gasteiger partial charge in [0, 0.05) is 6.54 Å². The average Bonchev–Trinajstić information content (AvgIpc) is 2.27. The van der Waals surface area contributed by atoms with Crippen LogP contribution in [0.4, 0.5) is 0 Å². The lowest BCUT2D eigenvalue weighted by atomic mass is 10.3. The molecular formula is C12H15NO2. The Labute approximate surface area is 89.8 Å². The Hall–Kier alpha value is -1.77. The van der Waals surface area contributed by atoms with E-state index in [4.69, 9.17) is 4.74 Å². The van der Waals surface area contributed by atoms with E-state index in [0.29, 0.717) is 12.3 Å². The third kappa shape index (κ3) is 3.85. The fraction of sp³-hybridized carbons (Fsp3) is 0.250. The maximum atomic E-state index is 11.4. The van der Waals surface area contributed by atoms with Gasteiger partial charge in [-0.15, -0.1) is 6.58 Å². The molecule has 15 heavy (non-hydrogen) atoms. The molecule has 0 bridgehead atoms. The van der Waals surface area contributed by atoms with E-state index in [1.165, 1.54) is 0 Å². The lowest BCUT2D eigenvalue weighted by Gasteiger charge is -2.13. The number of carbonyl (C=O) groups excluding carboxylic acids is 1. The van der Waals surface area contributed by atoms with Crippen molar-refractivity contribution in [1.82, 2.24) is 5.32 Å². The van der Waals surface area contributed by atoms with Gasteiger partial charge in [0.25, 0.3) is 5.91 Å². The van der Waals surface area contributed by atoms with E-state index in [1.54, 1.807) is 13.0 Å². The van der Waals surface area contributed by atoms with Crippen molar-refractivity contribution >= 4 is 5.91 Å². The molecule has 1 atom stereocenters. The Balaban J connectivity index is 2.45. The standard InChI is InChI=1S/C12H15NO2/c1-3-9-13-12(14)10(2)15-11-7-5-4-6-8-11/h3-8,10H,1,9H2,2H3,(H,13,14)/t10-/m1/s1. The lowest BCUT2D eigenvalue weighted by Crippen LogP contribution is -2.36. The number of para-hydroxylation sites is 1. The van der Waals surface area contributed by atoms with Crippen molar-refractivity contribution in [3.05, 3.63) is 43.0 Å². The minimum atomic E-state index is -0.493. The van der Waals surface area contributed by atoms with E-state index >= 15 is 0 Å². The first-order valence-corrected chi connectivity index (χ1v) is 4.84. The number of amides is 1. The first-order chi connectivity index (χ1) is 7.24. The highest BCUT2D eigenvalue weighted by Crippen LogP contribution is 2.10. The zero-order valence-electron chi connectivity index (χ0n) is 8.77. The summed E-state index contributed by atoms with van der Waals surface area (Å²) in [5.41, 5.74) is 0. The number of benzene rings is 1. The molecule has 0 aliphatic carbocycles. The highest BCUT2D eigenvalue weighted by Gasteiger charge is 2.12. The van der Waals surface area contributed by atoms with Crippen LogP contribution in [0.2, 0.25) is 0 Å². The summed E-state index contributed by atoms with van der Waals surface area (Å²) in [5.74, 6) is 0.553. The van der Waals surface area contributed by atoms with Gasteiger partial charge in [0.05, 0.1) is 0 Å². The number of hydrogen-bond acceptors (Lipinski definition) is 2. The van der Waals surface area contributed by atoms with Gasteiger partial charge >= 0.3 is 0 Å². The van der Waals surface area contributed by atoms with Crippen molar-refractivity contribution < 1.29 is 9.53 Å². The number of carbonyl (C=O) groups is 1. The van der Waals surface area contributed by atoms with E-state index in [9.17, 15) is 4.79 Å². The summed E-state index contributed by atoms with van der Waals surface area (Å²) in [4.78, 5) is 11.4. The van der Waals surface area contributed by atoms with Crippen molar-refractivity contribution in [2.75, 3.05) is 6.54 Å². The van der Waals surface area contributed by atoms with Gasteiger partial charge in [-0.05, 0) is 19.1 Å². The van der Waals surface area contributed by atoms with E-state index in [-0.39, 0.29) is 5.91 Å². The van der Waals surface area contributed by atoms with Crippen LogP contribution in [-0.2, 0) is 4.79 Å². The molecular weight excluding hydrogens is 190 g/mol. The monoisotopic (exact) mass is 205 g/mol. The van der Waals surface area contributed by atoms with Crippen molar-refractivity contribution in [2.24, 2.45) is 0 Å². The van der Waals surface area contributed by atoms with Crippen LogP contribution in [0.25, 0.3) is 0 Å². The smallest absolute Gasteiger partial charge is 0.261 e. The molecule has 0 fully saturated rings. The van der Waals surface area contributed by atoms with Crippen LogP contribution in [0, 0.1) is 0 Å². The van der Waals surface area contributed by atoms with Crippen molar-refractivity contribution in [1.29, 1.82) is 0 Å². The molecule has 3 heteroatoms. The molecule has 3 nitrogen and oxygen atoms in total. The summed E-state index contributed by atoms with van der Waals surface area (Å²) >= 11 is 0. The summed E-state index contributed by atoms with van der Waals surface area (Å²) in [6.07, 6.45) is 1.14. The first-order valence-electron chi connectivity index (χ1n) is 4.84. The molecule has 0 saturated heterocycles. The summed E-state index contributed by atoms with van der Waals surface area (Å²) < 4.78 is 5.43. The predicted molar refractivity (Wildman–Crippen MR) is 59.7 cm³/mol. The van der Waals surface area contributed by atoms with Crippen LogP contribution in [0.3, 0.4) is 0 Å². The highest BCUT2D eigenvalue weighted by molar-refractivity contribution is 5.80. The zero-order chi connectivity index (χ0) is 11.1. The fourth-order valence-electron chi connectivity index (χ4n) is 1.07. The Kier molecular flexibility index (Phi) is 4.41. The minimum Gasteiger partial charge on any atom is -0.481 e. The third-order valence-electron chi connectivity index (χ3n) is 1.85. The van der Waals surface area contributed by atoms with Gasteiger partial charge in [-0.2, -0.15) is 0 Å². The first kappa shape index (κ1) is 11.3. The molecule has 80 valence electrons. The lowest BCUT2D eigenvalue weighted by molar-refractivity contribution is -0.127. The van der Waals surface area contributed by atoms with Gasteiger partial charge in [-0.3, -0.25) is 4.79 Å². The molecule has 1 rings (SSSR count). The summed E-state index contributed by atoms with van der Waals surface area (Å²) in [6, 6.07) is 9.26. The van der Waals surface area contributed by atoms with Crippen LogP contribution in [0.5, 0.6) is 5.75 Å². The molecule has 1 N–H and O–H groups in total. The highest BCUT2D eigenvalue weighted by atomic mass is 16.5. The largest absolute Gasteiger partial charge is 0.481 e. The van der Waals surface area contributed by atoms with E-state index in [2.05, 4.69) is 11.9 Å². The minimum absolute atomic E-state index is 0.140. The van der Waals surface area contributed by atoms with E-state index in [1.807, 2.05) is 30.3 Å². The molecule has 1 aromatic carbocycles. The molecule has 1 amide bonds. The Morgan fingerprint density at radius 2 is 2.20 bits per heavy atom. The molecule has 0 aliphatic rings. The summed E-state index contributed by atoms with van der Waals surface area (Å²) in [6.45, 7) is 5.69. The van der Waals surface area contributed by atoms with Crippen molar-refractivity contribution in [2.45, 2.75) is 13.0 Å². The van der Waals surface area contributed by atoms with Crippen LogP contribution < -0.4 is 10.1 Å². The molecule has 0 heterocycles. The fourth-order valence-corrected chi connectivity index (χ4v) is 1.07. The van der Waals surface area contributed by atoms with Crippen LogP contribution in [-0.4, -0.2) is 18.6 Å². The van der Waals surface area contributed by atoms with Gasteiger partial charge in [0.15, 0.2) is 6.10 Å². The van der Waals surface area contributed by atoms with Gasteiger partial charge in [0.2, 0.25) is 0 Å². The Morgan fingerprint density at radius 3 is 2.80 bits per heavy atom. The van der Waals surface area contributed by atoms with Gasteiger partial charge in [0.1, 0.15) is 5.75 Å². The van der Waals surface area contributed by atoms with Gasteiger partial charge in [-0.1, -0.05) is 24.3 Å². The van der Waals surface area contributed by atoms with Crippen molar-refractivity contribution in [3.8, 4) is 5.75 Å². The molecule has 0 aliphatic heterocycles. The second-order valence-electron chi connectivity index (χ2n) is 3.11. The number of ether oxygens (including phenoxy) is 1. The van der Waals surface area contributed by atoms with Crippen LogP contribution >= 0.6 is 0 Å². The molecule has 0 unspecified atom stereocenters. The maximum Gasteiger partial charge on any atom is 0.261 e. The molecule has 0 aromatic heterocycles. The Morgan fingerprint density at radius 1 is 1.53 bits per heavy atom. The number of nitrogens with one attached hydrogen (secondary N) is 1. The zero-order valence-corrected chi connectivity index (χ0v) is 8.77. The topological polar surface area (TPSA) is 38.3 Å². The molecule has 0 saturated carbocycles. The number of rotatable bonds is 5. The van der Waals surface area contributed by atoms with Crippen molar-refractivity contribution in [3.63, 3.8) is 0 Å². The summed E-state index contributed by atoms with van der Waals surface area (Å²) in [7, 11) is 0. The van der Waals surface area contributed by atoms with Crippen LogP contribution in [0.15, 0.2) is 43.0 Å². The van der Waals surface area contributed by atoms with E-state index in [0.717, 1.165) is 0 Å². The SMILES string of the molecule is C=CCNC(=O)[C@@H](C)Oc1ccccc1.